The zero-order valence-corrected chi connectivity index (χ0v) is 14.5. The lowest BCUT2D eigenvalue weighted by Crippen LogP contribution is -2.15. The van der Waals surface area contributed by atoms with Gasteiger partial charge in [-0.25, -0.2) is 4.79 Å². The smallest absolute Gasteiger partial charge is 0.420 e. The Bertz CT molecular complexity index is 1090. The number of hydrogen-bond donors (Lipinski definition) is 0. The summed E-state index contributed by atoms with van der Waals surface area (Å²) in [5.74, 6) is 0.411. The topological polar surface area (TPSA) is 44.4 Å². The van der Waals surface area contributed by atoms with Crippen LogP contribution < -0.4 is 10.5 Å². The van der Waals surface area contributed by atoms with Crippen LogP contribution in [0.3, 0.4) is 0 Å². The summed E-state index contributed by atoms with van der Waals surface area (Å²) in [4.78, 5) is 12.3. The van der Waals surface area contributed by atoms with E-state index in [2.05, 4.69) is 0 Å². The molecule has 0 unspecified atom stereocenters. The van der Waals surface area contributed by atoms with Crippen molar-refractivity contribution >= 4 is 11.1 Å². The Morgan fingerprint density at radius 3 is 2.58 bits per heavy atom. The standard InChI is InChI=1S/C22H19NO3/c1-16-11-12-21-19(13-16)23(22(24)26-21)14-18-9-5-6-10-20(18)25-15-17-7-3-2-4-8-17/h2-13H,14-15H2,1H3. The highest BCUT2D eigenvalue weighted by molar-refractivity contribution is 5.73. The molecule has 4 nitrogen and oxygen atoms in total. The third-order valence-electron chi connectivity index (χ3n) is 4.36. The van der Waals surface area contributed by atoms with Gasteiger partial charge in [-0.05, 0) is 36.2 Å². The Labute approximate surface area is 151 Å². The number of aromatic nitrogens is 1. The third kappa shape index (κ3) is 3.26. The molecule has 0 fully saturated rings. The van der Waals surface area contributed by atoms with E-state index in [9.17, 15) is 4.79 Å². The monoisotopic (exact) mass is 345 g/mol. The number of aryl methyl sites for hydroxylation is 1. The highest BCUT2D eigenvalue weighted by Crippen LogP contribution is 2.22. The van der Waals surface area contributed by atoms with E-state index in [-0.39, 0.29) is 5.76 Å². The molecule has 1 aromatic heterocycles. The minimum absolute atomic E-state index is 0.358. The van der Waals surface area contributed by atoms with Gasteiger partial charge in [0.25, 0.3) is 0 Å². The van der Waals surface area contributed by atoms with Gasteiger partial charge in [0.2, 0.25) is 0 Å². The second-order valence-electron chi connectivity index (χ2n) is 6.31. The molecule has 1 heterocycles. The fourth-order valence-electron chi connectivity index (χ4n) is 3.00. The first-order valence-corrected chi connectivity index (χ1v) is 8.55. The van der Waals surface area contributed by atoms with Crippen molar-refractivity contribution < 1.29 is 9.15 Å². The zero-order chi connectivity index (χ0) is 17.9. The molecule has 4 aromatic rings. The van der Waals surface area contributed by atoms with Gasteiger partial charge in [-0.2, -0.15) is 0 Å². The molecule has 130 valence electrons. The van der Waals surface area contributed by atoms with Gasteiger partial charge in [-0.15, -0.1) is 0 Å². The number of oxazole rings is 1. The van der Waals surface area contributed by atoms with Crippen LogP contribution in [0, 0.1) is 6.92 Å². The molecule has 0 spiro atoms. The second-order valence-corrected chi connectivity index (χ2v) is 6.31. The highest BCUT2D eigenvalue weighted by Gasteiger charge is 2.12. The Kier molecular flexibility index (Phi) is 4.32. The minimum Gasteiger partial charge on any atom is -0.489 e. The molecule has 4 heteroatoms. The van der Waals surface area contributed by atoms with Crippen molar-refractivity contribution in [1.82, 2.24) is 4.57 Å². The maximum absolute atomic E-state index is 12.3. The molecule has 0 amide bonds. The molecule has 0 bridgehead atoms. The minimum atomic E-state index is -0.358. The van der Waals surface area contributed by atoms with Crippen molar-refractivity contribution in [3.05, 3.63) is 100 Å². The molecule has 3 aromatic carbocycles. The number of ether oxygens (including phenoxy) is 1. The van der Waals surface area contributed by atoms with Gasteiger partial charge < -0.3 is 9.15 Å². The van der Waals surface area contributed by atoms with E-state index in [1.807, 2.05) is 79.7 Å². The maximum atomic E-state index is 12.3. The first-order valence-electron chi connectivity index (χ1n) is 8.55. The van der Waals surface area contributed by atoms with Gasteiger partial charge in [0.05, 0.1) is 12.1 Å². The zero-order valence-electron chi connectivity index (χ0n) is 14.5. The highest BCUT2D eigenvalue weighted by atomic mass is 16.5. The second kappa shape index (κ2) is 6.92. The molecule has 0 aliphatic heterocycles. The summed E-state index contributed by atoms with van der Waals surface area (Å²) in [6.45, 7) is 2.89. The lowest BCUT2D eigenvalue weighted by Gasteiger charge is -2.12. The van der Waals surface area contributed by atoms with Gasteiger partial charge in [0.1, 0.15) is 12.4 Å². The number of nitrogens with zero attached hydrogens (tertiary/aromatic N) is 1. The molecule has 4 rings (SSSR count). The van der Waals surface area contributed by atoms with E-state index in [0.29, 0.717) is 18.7 Å². The quantitative estimate of drug-likeness (QED) is 0.534. The SMILES string of the molecule is Cc1ccc2oc(=O)n(Cc3ccccc3OCc3ccccc3)c2c1. The lowest BCUT2D eigenvalue weighted by molar-refractivity contribution is 0.302. The van der Waals surface area contributed by atoms with Gasteiger partial charge in [0.15, 0.2) is 5.58 Å². The number of hydrogen-bond acceptors (Lipinski definition) is 3. The fourth-order valence-corrected chi connectivity index (χ4v) is 3.00. The maximum Gasteiger partial charge on any atom is 0.420 e. The molecule has 26 heavy (non-hydrogen) atoms. The van der Waals surface area contributed by atoms with Crippen LogP contribution in [0.25, 0.3) is 11.1 Å². The van der Waals surface area contributed by atoms with E-state index in [1.165, 1.54) is 0 Å². The summed E-state index contributed by atoms with van der Waals surface area (Å²) in [7, 11) is 0. The first-order chi connectivity index (χ1) is 12.7. The Hall–Kier alpha value is -3.27. The van der Waals surface area contributed by atoms with Crippen LogP contribution in [0.2, 0.25) is 0 Å². The van der Waals surface area contributed by atoms with Crippen LogP contribution >= 0.6 is 0 Å². The van der Waals surface area contributed by atoms with E-state index in [4.69, 9.17) is 9.15 Å². The molecule has 0 atom stereocenters. The summed E-state index contributed by atoms with van der Waals surface area (Å²) < 4.78 is 13.0. The van der Waals surface area contributed by atoms with Crippen molar-refractivity contribution in [2.24, 2.45) is 0 Å². The molecular formula is C22H19NO3. The average Bonchev–Trinajstić information content (AvgIpc) is 2.97. The van der Waals surface area contributed by atoms with Crippen molar-refractivity contribution in [2.75, 3.05) is 0 Å². The van der Waals surface area contributed by atoms with Crippen molar-refractivity contribution in [1.29, 1.82) is 0 Å². The van der Waals surface area contributed by atoms with Crippen LogP contribution in [-0.2, 0) is 13.2 Å². The van der Waals surface area contributed by atoms with E-state index >= 15 is 0 Å². The fraction of sp³-hybridized carbons (Fsp3) is 0.136. The van der Waals surface area contributed by atoms with Crippen LogP contribution in [0.4, 0.5) is 0 Å². The molecule has 0 aliphatic rings. The van der Waals surface area contributed by atoms with Gasteiger partial charge in [0, 0.05) is 5.56 Å². The third-order valence-corrected chi connectivity index (χ3v) is 4.36. The Morgan fingerprint density at radius 1 is 0.962 bits per heavy atom. The summed E-state index contributed by atoms with van der Waals surface area (Å²) in [5.41, 5.74) is 4.52. The number of benzene rings is 3. The molecule has 0 saturated heterocycles. The van der Waals surface area contributed by atoms with Gasteiger partial charge >= 0.3 is 5.76 Å². The molecule has 0 aliphatic carbocycles. The first kappa shape index (κ1) is 16.2. The summed E-state index contributed by atoms with van der Waals surface area (Å²) in [6.07, 6.45) is 0. The van der Waals surface area contributed by atoms with Crippen LogP contribution in [0.15, 0.2) is 82.0 Å². The van der Waals surface area contributed by atoms with E-state index in [0.717, 1.165) is 28.0 Å². The van der Waals surface area contributed by atoms with Crippen LogP contribution in [0.1, 0.15) is 16.7 Å². The molecule has 0 saturated carbocycles. The number of para-hydroxylation sites is 1. The average molecular weight is 345 g/mol. The largest absolute Gasteiger partial charge is 0.489 e. The predicted octanol–water partition coefficient (Wildman–Crippen LogP) is 4.53. The Morgan fingerprint density at radius 2 is 1.73 bits per heavy atom. The number of fused-ring (bicyclic) bond motifs is 1. The summed E-state index contributed by atoms with van der Waals surface area (Å²) >= 11 is 0. The molecular weight excluding hydrogens is 326 g/mol. The van der Waals surface area contributed by atoms with E-state index in [1.54, 1.807) is 4.57 Å². The van der Waals surface area contributed by atoms with Gasteiger partial charge in [-0.3, -0.25) is 4.57 Å². The van der Waals surface area contributed by atoms with Gasteiger partial charge in [-0.1, -0.05) is 54.6 Å². The van der Waals surface area contributed by atoms with E-state index < -0.39 is 0 Å². The van der Waals surface area contributed by atoms with Crippen LogP contribution in [-0.4, -0.2) is 4.57 Å². The Balaban J connectivity index is 1.64. The van der Waals surface area contributed by atoms with Crippen LogP contribution in [0.5, 0.6) is 5.75 Å². The summed E-state index contributed by atoms with van der Waals surface area (Å²) in [6, 6.07) is 23.5. The van der Waals surface area contributed by atoms with Crippen molar-refractivity contribution in [3.8, 4) is 5.75 Å². The summed E-state index contributed by atoms with van der Waals surface area (Å²) in [5, 5.41) is 0. The number of rotatable bonds is 5. The lowest BCUT2D eigenvalue weighted by atomic mass is 10.2. The van der Waals surface area contributed by atoms with Crippen molar-refractivity contribution in [3.63, 3.8) is 0 Å². The predicted molar refractivity (Wildman–Crippen MR) is 102 cm³/mol. The molecule has 0 radical (unpaired) electrons. The van der Waals surface area contributed by atoms with Crippen molar-refractivity contribution in [2.45, 2.75) is 20.1 Å². The normalized spacial score (nSPS) is 11.0. The molecule has 0 N–H and O–H groups in total.